The molecule has 2 aromatic rings. The minimum Gasteiger partial charge on any atom is -0.452 e. The monoisotopic (exact) mass is 380 g/mol. The van der Waals surface area contributed by atoms with Crippen LogP contribution in [0.2, 0.25) is 10.0 Å². The van der Waals surface area contributed by atoms with Gasteiger partial charge in [0, 0.05) is 15.6 Å². The van der Waals surface area contributed by atoms with Gasteiger partial charge in [-0.2, -0.15) is 0 Å². The van der Waals surface area contributed by atoms with E-state index in [-0.39, 0.29) is 15.6 Å². The Hall–Kier alpha value is -2.57. The summed E-state index contributed by atoms with van der Waals surface area (Å²) in [6.45, 7) is 1.32. The molecule has 0 atom stereocenters. The van der Waals surface area contributed by atoms with Crippen LogP contribution in [0.5, 0.6) is 0 Å². The van der Waals surface area contributed by atoms with Crippen LogP contribution in [0, 0.1) is 6.92 Å². The van der Waals surface area contributed by atoms with Gasteiger partial charge in [0.05, 0.1) is 5.56 Å². The van der Waals surface area contributed by atoms with E-state index in [2.05, 4.69) is 10.9 Å². The Morgan fingerprint density at radius 1 is 0.920 bits per heavy atom. The molecule has 0 bridgehead atoms. The molecule has 6 nitrogen and oxygen atoms in total. The van der Waals surface area contributed by atoms with E-state index in [9.17, 15) is 14.4 Å². The maximum absolute atomic E-state index is 11.8. The van der Waals surface area contributed by atoms with Gasteiger partial charge in [-0.05, 0) is 37.3 Å². The topological polar surface area (TPSA) is 84.5 Å². The molecule has 0 heterocycles. The van der Waals surface area contributed by atoms with E-state index in [1.165, 1.54) is 18.2 Å². The zero-order chi connectivity index (χ0) is 18.4. The van der Waals surface area contributed by atoms with Crippen LogP contribution >= 0.6 is 23.2 Å². The van der Waals surface area contributed by atoms with Gasteiger partial charge >= 0.3 is 5.97 Å². The van der Waals surface area contributed by atoms with Gasteiger partial charge in [-0.25, -0.2) is 4.79 Å². The molecule has 0 fully saturated rings. The van der Waals surface area contributed by atoms with Crippen LogP contribution in [0.25, 0.3) is 0 Å². The maximum Gasteiger partial charge on any atom is 0.338 e. The Morgan fingerprint density at radius 2 is 1.52 bits per heavy atom. The number of nitrogens with one attached hydrogen (secondary N) is 2. The lowest BCUT2D eigenvalue weighted by molar-refractivity contribution is -0.125. The third kappa shape index (κ3) is 5.77. The lowest BCUT2D eigenvalue weighted by Gasteiger charge is -2.08. The Bertz CT molecular complexity index is 787. The second-order valence-electron chi connectivity index (χ2n) is 5.10. The van der Waals surface area contributed by atoms with Gasteiger partial charge in [-0.3, -0.25) is 20.4 Å². The van der Waals surface area contributed by atoms with E-state index in [0.29, 0.717) is 5.56 Å². The zero-order valence-corrected chi connectivity index (χ0v) is 14.6. The van der Waals surface area contributed by atoms with Crippen molar-refractivity contribution in [3.63, 3.8) is 0 Å². The first-order valence-corrected chi connectivity index (χ1v) is 7.90. The molecule has 8 heteroatoms. The fraction of sp³-hybridized carbons (Fsp3) is 0.118. The van der Waals surface area contributed by atoms with Crippen LogP contribution in [0.3, 0.4) is 0 Å². The van der Waals surface area contributed by atoms with E-state index >= 15 is 0 Å². The lowest BCUT2D eigenvalue weighted by Crippen LogP contribution is -2.43. The molecule has 2 N–H and O–H groups in total. The van der Waals surface area contributed by atoms with E-state index in [4.69, 9.17) is 27.9 Å². The lowest BCUT2D eigenvalue weighted by atomic mass is 10.1. The van der Waals surface area contributed by atoms with Gasteiger partial charge in [0.25, 0.3) is 11.8 Å². The molecule has 0 aliphatic heterocycles. The van der Waals surface area contributed by atoms with E-state index in [1.54, 1.807) is 24.3 Å². The minimum absolute atomic E-state index is 0.119. The number of rotatable bonds is 4. The summed E-state index contributed by atoms with van der Waals surface area (Å²) in [5.41, 5.74) is 5.90. The zero-order valence-electron chi connectivity index (χ0n) is 13.1. The van der Waals surface area contributed by atoms with Crippen molar-refractivity contribution in [3.8, 4) is 0 Å². The summed E-state index contributed by atoms with van der Waals surface area (Å²) in [5, 5.41) is 0.545. The predicted molar refractivity (Wildman–Crippen MR) is 93.5 cm³/mol. The fourth-order valence-corrected chi connectivity index (χ4v) is 2.35. The molecule has 0 aromatic heterocycles. The van der Waals surface area contributed by atoms with Crippen molar-refractivity contribution in [2.75, 3.05) is 6.61 Å². The molecule has 0 unspecified atom stereocenters. The first kappa shape index (κ1) is 18.8. The molecule has 2 amide bonds. The first-order chi connectivity index (χ1) is 11.8. The van der Waals surface area contributed by atoms with Crippen molar-refractivity contribution in [1.29, 1.82) is 0 Å². The number of carbonyl (C=O) groups is 3. The van der Waals surface area contributed by atoms with Crippen molar-refractivity contribution >= 4 is 41.0 Å². The van der Waals surface area contributed by atoms with Gasteiger partial charge in [0.15, 0.2) is 6.61 Å². The number of benzene rings is 2. The molecule has 0 aliphatic carbocycles. The van der Waals surface area contributed by atoms with Crippen LogP contribution < -0.4 is 10.9 Å². The molecule has 2 aromatic carbocycles. The predicted octanol–water partition coefficient (Wildman–Crippen LogP) is 2.92. The van der Waals surface area contributed by atoms with Gasteiger partial charge in [-0.15, -0.1) is 0 Å². The van der Waals surface area contributed by atoms with E-state index in [1.807, 2.05) is 6.92 Å². The summed E-state index contributed by atoms with van der Waals surface area (Å²) in [7, 11) is 0. The van der Waals surface area contributed by atoms with Crippen molar-refractivity contribution in [1.82, 2.24) is 10.9 Å². The summed E-state index contributed by atoms with van der Waals surface area (Å²) >= 11 is 11.6. The standard InChI is InChI=1S/C17H14Cl2N2O4/c1-10-2-4-11(5-3-10)16(23)21-20-15(22)9-25-17(24)12-6-13(18)8-14(19)7-12/h2-8H,9H2,1H3,(H,20,22)(H,21,23). The van der Waals surface area contributed by atoms with Crippen LogP contribution in [0.15, 0.2) is 42.5 Å². The van der Waals surface area contributed by atoms with Gasteiger partial charge in [0.2, 0.25) is 0 Å². The van der Waals surface area contributed by atoms with Crippen LogP contribution in [-0.4, -0.2) is 24.4 Å². The molecular formula is C17H14Cl2N2O4. The summed E-state index contributed by atoms with van der Waals surface area (Å²) in [6.07, 6.45) is 0. The molecule has 130 valence electrons. The third-order valence-corrected chi connectivity index (χ3v) is 3.50. The van der Waals surface area contributed by atoms with Crippen LogP contribution in [-0.2, 0) is 9.53 Å². The molecule has 0 spiro atoms. The average molecular weight is 381 g/mol. The molecule has 0 aliphatic rings. The highest BCUT2D eigenvalue weighted by Crippen LogP contribution is 2.19. The summed E-state index contributed by atoms with van der Waals surface area (Å²) in [4.78, 5) is 35.3. The van der Waals surface area contributed by atoms with Crippen molar-refractivity contribution in [2.24, 2.45) is 0 Å². The summed E-state index contributed by atoms with van der Waals surface area (Å²) in [6, 6.07) is 11.0. The summed E-state index contributed by atoms with van der Waals surface area (Å²) in [5.74, 6) is -1.94. The number of hydrazine groups is 1. The highest BCUT2D eigenvalue weighted by atomic mass is 35.5. The smallest absolute Gasteiger partial charge is 0.338 e. The molecule has 0 saturated carbocycles. The Kier molecular flexibility index (Phi) is 6.38. The first-order valence-electron chi connectivity index (χ1n) is 7.14. The van der Waals surface area contributed by atoms with Crippen LogP contribution in [0.4, 0.5) is 0 Å². The number of ether oxygens (including phenoxy) is 1. The number of esters is 1. The molecular weight excluding hydrogens is 367 g/mol. The number of hydrogen-bond donors (Lipinski definition) is 2. The number of hydrogen-bond acceptors (Lipinski definition) is 4. The SMILES string of the molecule is Cc1ccc(C(=O)NNC(=O)COC(=O)c2cc(Cl)cc(Cl)c2)cc1. The minimum atomic E-state index is -0.760. The van der Waals surface area contributed by atoms with E-state index in [0.717, 1.165) is 5.56 Å². The van der Waals surface area contributed by atoms with Crippen LogP contribution in [0.1, 0.15) is 26.3 Å². The van der Waals surface area contributed by atoms with Gasteiger partial charge in [0.1, 0.15) is 0 Å². The second-order valence-corrected chi connectivity index (χ2v) is 5.98. The Morgan fingerprint density at radius 3 is 2.12 bits per heavy atom. The van der Waals surface area contributed by atoms with Crippen molar-refractivity contribution in [2.45, 2.75) is 6.92 Å². The van der Waals surface area contributed by atoms with Gasteiger partial charge in [-0.1, -0.05) is 40.9 Å². The third-order valence-electron chi connectivity index (χ3n) is 3.06. The Balaban J connectivity index is 1.81. The van der Waals surface area contributed by atoms with Gasteiger partial charge < -0.3 is 4.74 Å². The largest absolute Gasteiger partial charge is 0.452 e. The fourth-order valence-electron chi connectivity index (χ4n) is 1.83. The van der Waals surface area contributed by atoms with E-state index < -0.39 is 24.4 Å². The molecule has 0 saturated heterocycles. The molecule has 25 heavy (non-hydrogen) atoms. The number of amides is 2. The van der Waals surface area contributed by atoms with Crippen molar-refractivity contribution in [3.05, 3.63) is 69.2 Å². The average Bonchev–Trinajstić information content (AvgIpc) is 2.57. The molecule has 0 radical (unpaired) electrons. The number of carbonyl (C=O) groups excluding carboxylic acids is 3. The number of aryl methyl sites for hydroxylation is 1. The number of halogens is 2. The normalized spacial score (nSPS) is 10.0. The summed E-state index contributed by atoms with van der Waals surface area (Å²) < 4.78 is 4.83. The molecule has 2 rings (SSSR count). The highest BCUT2D eigenvalue weighted by molar-refractivity contribution is 6.35. The maximum atomic E-state index is 11.8. The quantitative estimate of drug-likeness (QED) is 0.630. The second kappa shape index (κ2) is 8.50. The Labute approximate surface area is 154 Å². The highest BCUT2D eigenvalue weighted by Gasteiger charge is 2.13. The van der Waals surface area contributed by atoms with Crippen molar-refractivity contribution < 1.29 is 19.1 Å².